The lowest BCUT2D eigenvalue weighted by Gasteiger charge is -2.11. The van der Waals surface area contributed by atoms with Crippen LogP contribution in [0, 0.1) is 6.92 Å². The monoisotopic (exact) mass is 395 g/mol. The second-order valence-electron chi connectivity index (χ2n) is 6.36. The van der Waals surface area contributed by atoms with E-state index in [0.29, 0.717) is 28.5 Å². The van der Waals surface area contributed by atoms with Crippen LogP contribution < -0.4 is 10.6 Å². The molecule has 2 N–H and O–H groups in total. The van der Waals surface area contributed by atoms with E-state index in [2.05, 4.69) is 25.1 Å². The van der Waals surface area contributed by atoms with Crippen molar-refractivity contribution in [3.8, 4) is 11.5 Å². The molecule has 0 bridgehead atoms. The van der Waals surface area contributed by atoms with Gasteiger partial charge in [-0.1, -0.05) is 5.16 Å². The van der Waals surface area contributed by atoms with Gasteiger partial charge in [0.2, 0.25) is 11.9 Å². The maximum absolute atomic E-state index is 12.8. The minimum atomic E-state index is -0.609. The molecule has 0 spiro atoms. The van der Waals surface area contributed by atoms with E-state index in [9.17, 15) is 4.79 Å². The summed E-state index contributed by atoms with van der Waals surface area (Å²) >= 11 is 0. The third-order valence-electron chi connectivity index (χ3n) is 4.03. The van der Waals surface area contributed by atoms with Gasteiger partial charge in [0.25, 0.3) is 5.71 Å². The normalized spacial score (nSPS) is 11.0. The third-order valence-corrected chi connectivity index (χ3v) is 4.03. The molecule has 0 aliphatic rings. The molecule has 4 heterocycles. The van der Waals surface area contributed by atoms with Gasteiger partial charge in [-0.2, -0.15) is 15.0 Å². The molecule has 4 rings (SSSR count). The highest BCUT2D eigenvalue weighted by Gasteiger charge is 2.21. The fourth-order valence-electron chi connectivity index (χ4n) is 2.70. The van der Waals surface area contributed by atoms with Gasteiger partial charge in [-0.25, -0.2) is 9.78 Å². The van der Waals surface area contributed by atoms with Crippen LogP contribution in [0.3, 0.4) is 0 Å². The zero-order valence-electron chi connectivity index (χ0n) is 15.9. The summed E-state index contributed by atoms with van der Waals surface area (Å²) in [5, 5.41) is 4.36. The molecule has 0 saturated carbocycles. The van der Waals surface area contributed by atoms with E-state index in [1.807, 2.05) is 0 Å². The standard InChI is InChI=1S/C18H17N7O4/c1-9-14-10(7-11(12-5-4-6-27-12)20-15(14)29-24-9)16(26)28-8-13-21-17(19)23-18(22-13)25(2)3/h4-7H,8H2,1-3H3,(H2,19,21,22,23). The topological polar surface area (TPSA) is 146 Å². The molecule has 11 nitrogen and oxygen atoms in total. The number of pyridine rings is 1. The molecular weight excluding hydrogens is 378 g/mol. The molecule has 0 fully saturated rings. The number of carbonyl (C=O) groups is 1. The molecule has 4 aromatic heterocycles. The average Bonchev–Trinajstić information content (AvgIpc) is 3.35. The van der Waals surface area contributed by atoms with Crippen molar-refractivity contribution in [2.75, 3.05) is 24.7 Å². The van der Waals surface area contributed by atoms with Crippen molar-refractivity contribution >= 4 is 29.0 Å². The summed E-state index contributed by atoms with van der Waals surface area (Å²) in [5.74, 6) is 0.506. The summed E-state index contributed by atoms with van der Waals surface area (Å²) in [6.45, 7) is 1.53. The predicted octanol–water partition coefficient (Wildman–Crippen LogP) is 1.98. The summed E-state index contributed by atoms with van der Waals surface area (Å²) in [5.41, 5.74) is 7.10. The number of esters is 1. The fourth-order valence-corrected chi connectivity index (χ4v) is 2.70. The van der Waals surface area contributed by atoms with Gasteiger partial charge in [-0.05, 0) is 25.1 Å². The lowest BCUT2D eigenvalue weighted by molar-refractivity contribution is 0.0464. The van der Waals surface area contributed by atoms with Gasteiger partial charge in [0.15, 0.2) is 18.2 Å². The van der Waals surface area contributed by atoms with Crippen molar-refractivity contribution in [3.05, 3.63) is 41.5 Å². The van der Waals surface area contributed by atoms with Crippen LogP contribution in [0.1, 0.15) is 21.9 Å². The summed E-state index contributed by atoms with van der Waals surface area (Å²) in [4.78, 5) is 31.1. The number of fused-ring (bicyclic) bond motifs is 1. The molecule has 4 aromatic rings. The Bertz CT molecular complexity index is 1180. The molecule has 11 heteroatoms. The van der Waals surface area contributed by atoms with E-state index < -0.39 is 5.97 Å². The molecule has 0 aromatic carbocycles. The smallest absolute Gasteiger partial charge is 0.339 e. The Balaban J connectivity index is 1.66. The molecular formula is C18H17N7O4. The van der Waals surface area contributed by atoms with Crippen LogP contribution in [-0.4, -0.2) is 45.2 Å². The van der Waals surface area contributed by atoms with Crippen LogP contribution in [0.4, 0.5) is 11.9 Å². The van der Waals surface area contributed by atoms with E-state index in [1.165, 1.54) is 6.26 Å². The number of nitrogen functional groups attached to an aromatic ring is 1. The second-order valence-corrected chi connectivity index (χ2v) is 6.36. The Morgan fingerprint density at radius 2 is 2.07 bits per heavy atom. The number of nitrogens with two attached hydrogens (primary N) is 1. The number of aryl methyl sites for hydroxylation is 1. The second kappa shape index (κ2) is 7.19. The zero-order chi connectivity index (χ0) is 20.5. The van der Waals surface area contributed by atoms with Crippen LogP contribution in [0.25, 0.3) is 22.6 Å². The number of aromatic nitrogens is 5. The molecule has 0 radical (unpaired) electrons. The fraction of sp³-hybridized carbons (Fsp3) is 0.222. The van der Waals surface area contributed by atoms with Crippen LogP contribution in [0.15, 0.2) is 33.4 Å². The van der Waals surface area contributed by atoms with Crippen molar-refractivity contribution < 1.29 is 18.5 Å². The number of rotatable bonds is 5. The van der Waals surface area contributed by atoms with Crippen LogP contribution in [-0.2, 0) is 11.3 Å². The number of nitrogens with zero attached hydrogens (tertiary/aromatic N) is 6. The van der Waals surface area contributed by atoms with Gasteiger partial charge in [0, 0.05) is 14.1 Å². The van der Waals surface area contributed by atoms with Gasteiger partial charge >= 0.3 is 5.97 Å². The quantitative estimate of drug-likeness (QED) is 0.495. The Hall–Kier alpha value is -4.02. The lowest BCUT2D eigenvalue weighted by Crippen LogP contribution is -2.17. The van der Waals surface area contributed by atoms with Crippen LogP contribution in [0.2, 0.25) is 0 Å². The lowest BCUT2D eigenvalue weighted by atomic mass is 10.1. The number of anilines is 2. The summed E-state index contributed by atoms with van der Waals surface area (Å²) in [6.07, 6.45) is 1.51. The van der Waals surface area contributed by atoms with Crippen LogP contribution in [0.5, 0.6) is 0 Å². The van der Waals surface area contributed by atoms with Crippen molar-refractivity contribution in [2.24, 2.45) is 0 Å². The number of ether oxygens (including phenoxy) is 1. The largest absolute Gasteiger partial charge is 0.463 e. The van der Waals surface area contributed by atoms with Gasteiger partial charge in [0.05, 0.1) is 22.9 Å². The summed E-state index contributed by atoms with van der Waals surface area (Å²) in [7, 11) is 3.53. The molecule has 0 aliphatic heterocycles. The molecule has 0 aliphatic carbocycles. The minimum Gasteiger partial charge on any atom is -0.463 e. The number of carbonyl (C=O) groups excluding carboxylic acids is 1. The first-order valence-electron chi connectivity index (χ1n) is 8.58. The molecule has 0 amide bonds. The van der Waals surface area contributed by atoms with E-state index >= 15 is 0 Å². The summed E-state index contributed by atoms with van der Waals surface area (Å²) < 4.78 is 16.0. The van der Waals surface area contributed by atoms with Gasteiger partial charge in [-0.3, -0.25) is 0 Å². The number of hydrogen-bond acceptors (Lipinski definition) is 11. The van der Waals surface area contributed by atoms with Crippen molar-refractivity contribution in [2.45, 2.75) is 13.5 Å². The maximum Gasteiger partial charge on any atom is 0.339 e. The first kappa shape index (κ1) is 18.3. The highest BCUT2D eigenvalue weighted by molar-refractivity contribution is 6.04. The minimum absolute atomic E-state index is 0.0380. The van der Waals surface area contributed by atoms with Gasteiger partial charge in [0.1, 0.15) is 5.69 Å². The first-order valence-corrected chi connectivity index (χ1v) is 8.58. The van der Waals surface area contributed by atoms with E-state index in [0.717, 1.165) is 0 Å². The SMILES string of the molecule is Cc1noc2nc(-c3ccco3)cc(C(=O)OCc3nc(N)nc(N(C)C)n3)c12. The Morgan fingerprint density at radius 1 is 1.24 bits per heavy atom. The molecule has 0 atom stereocenters. The maximum atomic E-state index is 12.8. The van der Waals surface area contributed by atoms with Crippen molar-refractivity contribution in [1.29, 1.82) is 0 Å². The van der Waals surface area contributed by atoms with Gasteiger partial charge in [-0.15, -0.1) is 0 Å². The molecule has 0 unspecified atom stereocenters. The first-order chi connectivity index (χ1) is 13.9. The van der Waals surface area contributed by atoms with Crippen molar-refractivity contribution in [3.63, 3.8) is 0 Å². The van der Waals surface area contributed by atoms with E-state index in [4.69, 9.17) is 19.4 Å². The highest BCUT2D eigenvalue weighted by atomic mass is 16.5. The van der Waals surface area contributed by atoms with E-state index in [-0.39, 0.29) is 29.7 Å². The van der Waals surface area contributed by atoms with Crippen molar-refractivity contribution in [1.82, 2.24) is 25.1 Å². The molecule has 148 valence electrons. The highest BCUT2D eigenvalue weighted by Crippen LogP contribution is 2.28. The average molecular weight is 395 g/mol. The molecule has 29 heavy (non-hydrogen) atoms. The Labute approximate surface area is 164 Å². The predicted molar refractivity (Wildman–Crippen MR) is 102 cm³/mol. The van der Waals surface area contributed by atoms with Gasteiger partial charge < -0.3 is 24.3 Å². The van der Waals surface area contributed by atoms with Crippen LogP contribution >= 0.6 is 0 Å². The molecule has 0 saturated heterocycles. The summed E-state index contributed by atoms with van der Waals surface area (Å²) in [6, 6.07) is 5.02. The number of hydrogen-bond donors (Lipinski definition) is 1. The Kier molecular flexibility index (Phi) is 4.55. The number of furan rings is 1. The zero-order valence-corrected chi connectivity index (χ0v) is 15.9. The third kappa shape index (κ3) is 3.57. The van der Waals surface area contributed by atoms with E-state index in [1.54, 1.807) is 44.1 Å². The Morgan fingerprint density at radius 3 is 2.79 bits per heavy atom.